The van der Waals surface area contributed by atoms with Gasteiger partial charge in [0.15, 0.2) is 0 Å². The minimum atomic E-state index is -0.0268. The van der Waals surface area contributed by atoms with Gasteiger partial charge in [-0.15, -0.1) is 0 Å². The zero-order chi connectivity index (χ0) is 22.2. The zero-order valence-corrected chi connectivity index (χ0v) is 19.8. The second kappa shape index (κ2) is 11.3. The van der Waals surface area contributed by atoms with Crippen LogP contribution in [0.1, 0.15) is 24.0 Å². The van der Waals surface area contributed by atoms with Crippen molar-refractivity contribution >= 4 is 33.4 Å². The lowest BCUT2D eigenvalue weighted by Gasteiger charge is -2.22. The molecule has 2 aromatic carbocycles. The fourth-order valence-electron chi connectivity index (χ4n) is 3.71. The molecule has 6 nitrogen and oxygen atoms in total. The normalized spacial score (nSPS) is 14.7. The number of nitrogens with zero attached hydrogens (tertiary/aromatic N) is 2. The smallest absolute Gasteiger partial charge is 0.238 e. The highest BCUT2D eigenvalue weighted by Crippen LogP contribution is 2.20. The van der Waals surface area contributed by atoms with Gasteiger partial charge >= 0.3 is 0 Å². The molecule has 2 aromatic rings. The first-order valence-electron chi connectivity index (χ1n) is 10.6. The highest BCUT2D eigenvalue weighted by atomic mass is 79.9. The topological polar surface area (TPSA) is 61.9 Å². The van der Waals surface area contributed by atoms with Gasteiger partial charge in [-0.05, 0) is 61.2 Å². The fraction of sp³-hybridized carbons (Fsp3) is 0.417. The maximum absolute atomic E-state index is 12.7. The molecule has 1 aliphatic rings. The predicted octanol–water partition coefficient (Wildman–Crippen LogP) is 3.87. The molecule has 3 rings (SSSR count). The highest BCUT2D eigenvalue weighted by molar-refractivity contribution is 9.10. The van der Waals surface area contributed by atoms with Gasteiger partial charge in [-0.1, -0.05) is 28.1 Å². The second-order valence-corrected chi connectivity index (χ2v) is 8.73. The molecule has 31 heavy (non-hydrogen) atoms. The van der Waals surface area contributed by atoms with Gasteiger partial charge in [-0.25, -0.2) is 0 Å². The summed E-state index contributed by atoms with van der Waals surface area (Å²) >= 11 is 3.47. The van der Waals surface area contributed by atoms with E-state index in [0.29, 0.717) is 26.1 Å². The van der Waals surface area contributed by atoms with Crippen LogP contribution in [-0.4, -0.2) is 61.4 Å². The summed E-state index contributed by atoms with van der Waals surface area (Å²) in [5, 5.41) is 2.97. The van der Waals surface area contributed by atoms with Crippen molar-refractivity contribution < 1.29 is 14.3 Å². The summed E-state index contributed by atoms with van der Waals surface area (Å²) in [7, 11) is 1.65. The lowest BCUT2D eigenvalue weighted by molar-refractivity contribution is -0.131. The molecule has 0 saturated carbocycles. The summed E-state index contributed by atoms with van der Waals surface area (Å²) in [6.07, 6.45) is 2.09. The van der Waals surface area contributed by atoms with E-state index in [-0.39, 0.29) is 11.8 Å². The number of anilines is 1. The van der Waals surface area contributed by atoms with Gasteiger partial charge < -0.3 is 15.0 Å². The minimum absolute atomic E-state index is 0.0268. The number of benzene rings is 2. The number of rotatable bonds is 7. The fourth-order valence-corrected chi connectivity index (χ4v) is 3.95. The lowest BCUT2D eigenvalue weighted by Crippen LogP contribution is -2.38. The van der Waals surface area contributed by atoms with E-state index < -0.39 is 0 Å². The average molecular weight is 488 g/mol. The van der Waals surface area contributed by atoms with Crippen LogP contribution in [0.15, 0.2) is 46.9 Å². The van der Waals surface area contributed by atoms with Gasteiger partial charge in [-0.3, -0.25) is 14.5 Å². The van der Waals surface area contributed by atoms with E-state index in [1.807, 2.05) is 54.3 Å². The molecule has 1 fully saturated rings. The first kappa shape index (κ1) is 23.3. The van der Waals surface area contributed by atoms with E-state index in [4.69, 9.17) is 4.74 Å². The van der Waals surface area contributed by atoms with Crippen LogP contribution in [0, 0.1) is 6.92 Å². The molecule has 166 valence electrons. The molecule has 0 radical (unpaired) electrons. The summed E-state index contributed by atoms with van der Waals surface area (Å²) in [4.78, 5) is 29.2. The number of amides is 2. The number of aryl methyl sites for hydroxylation is 2. The van der Waals surface area contributed by atoms with Crippen LogP contribution in [0.2, 0.25) is 0 Å². The maximum atomic E-state index is 12.7. The molecule has 0 aliphatic carbocycles. The molecule has 1 N–H and O–H groups in total. The number of carbonyl (C=O) groups excluding carboxylic acids is 2. The summed E-state index contributed by atoms with van der Waals surface area (Å²) in [5.41, 5.74) is 3.01. The first-order chi connectivity index (χ1) is 14.9. The van der Waals surface area contributed by atoms with E-state index >= 15 is 0 Å². The Balaban J connectivity index is 1.43. The summed E-state index contributed by atoms with van der Waals surface area (Å²) in [6.45, 7) is 5.26. The third-order valence-corrected chi connectivity index (χ3v) is 6.43. The Kier molecular flexibility index (Phi) is 8.49. The number of nitrogens with one attached hydrogen (secondary N) is 1. The molecule has 1 saturated heterocycles. The highest BCUT2D eigenvalue weighted by Gasteiger charge is 2.20. The standard InChI is InChI=1S/C24H30BrN3O3/c1-18-16-20(7-10-22(18)25)26-23(29)17-27-12-3-13-28(15-14-27)24(30)11-6-19-4-8-21(31-2)9-5-19/h4-5,7-10,16H,3,6,11-15,17H2,1-2H3,(H,26,29). The maximum Gasteiger partial charge on any atom is 0.238 e. The van der Waals surface area contributed by atoms with E-state index in [1.165, 1.54) is 0 Å². The predicted molar refractivity (Wildman–Crippen MR) is 126 cm³/mol. The van der Waals surface area contributed by atoms with E-state index in [1.54, 1.807) is 7.11 Å². The number of methoxy groups -OCH3 is 1. The molecule has 2 amide bonds. The first-order valence-corrected chi connectivity index (χ1v) is 11.4. The Bertz CT molecular complexity index is 901. The Labute approximate surface area is 192 Å². The Hall–Kier alpha value is -2.38. The molecule has 0 bridgehead atoms. The Morgan fingerprint density at radius 1 is 1.06 bits per heavy atom. The Morgan fingerprint density at radius 2 is 1.84 bits per heavy atom. The molecular formula is C24H30BrN3O3. The van der Waals surface area contributed by atoms with Crippen molar-refractivity contribution in [2.75, 3.05) is 45.2 Å². The van der Waals surface area contributed by atoms with Crippen molar-refractivity contribution in [2.45, 2.75) is 26.2 Å². The number of carbonyl (C=O) groups is 2. The van der Waals surface area contributed by atoms with Gasteiger partial charge in [0.05, 0.1) is 13.7 Å². The molecule has 0 aromatic heterocycles. The second-order valence-electron chi connectivity index (χ2n) is 7.87. The van der Waals surface area contributed by atoms with Crippen LogP contribution in [-0.2, 0) is 16.0 Å². The van der Waals surface area contributed by atoms with Crippen molar-refractivity contribution in [1.29, 1.82) is 0 Å². The van der Waals surface area contributed by atoms with E-state index in [0.717, 1.165) is 53.0 Å². The van der Waals surface area contributed by atoms with Crippen LogP contribution < -0.4 is 10.1 Å². The van der Waals surface area contributed by atoms with E-state index in [2.05, 4.69) is 26.1 Å². The lowest BCUT2D eigenvalue weighted by atomic mass is 10.1. The van der Waals surface area contributed by atoms with Crippen molar-refractivity contribution in [1.82, 2.24) is 9.80 Å². The van der Waals surface area contributed by atoms with Crippen LogP contribution in [0.4, 0.5) is 5.69 Å². The van der Waals surface area contributed by atoms with Gasteiger partial charge in [0.2, 0.25) is 11.8 Å². The molecule has 1 heterocycles. The monoisotopic (exact) mass is 487 g/mol. The van der Waals surface area contributed by atoms with Crippen molar-refractivity contribution in [3.63, 3.8) is 0 Å². The number of hydrogen-bond acceptors (Lipinski definition) is 4. The number of halogens is 1. The molecule has 0 atom stereocenters. The van der Waals surface area contributed by atoms with E-state index in [9.17, 15) is 9.59 Å². The Morgan fingerprint density at radius 3 is 2.55 bits per heavy atom. The SMILES string of the molecule is COc1ccc(CCC(=O)N2CCCN(CC(=O)Nc3ccc(Br)c(C)c3)CC2)cc1. The van der Waals surface area contributed by atoms with Crippen LogP contribution in [0.25, 0.3) is 0 Å². The largest absolute Gasteiger partial charge is 0.497 e. The van der Waals surface area contributed by atoms with Gasteiger partial charge in [0, 0.05) is 42.8 Å². The zero-order valence-electron chi connectivity index (χ0n) is 18.2. The van der Waals surface area contributed by atoms with Crippen molar-refractivity contribution in [3.05, 3.63) is 58.1 Å². The average Bonchev–Trinajstić information content (AvgIpc) is 3.00. The van der Waals surface area contributed by atoms with Gasteiger partial charge in [0.25, 0.3) is 0 Å². The quantitative estimate of drug-likeness (QED) is 0.643. The van der Waals surface area contributed by atoms with Crippen LogP contribution in [0.3, 0.4) is 0 Å². The molecular weight excluding hydrogens is 458 g/mol. The van der Waals surface area contributed by atoms with Crippen LogP contribution >= 0.6 is 15.9 Å². The van der Waals surface area contributed by atoms with Crippen molar-refractivity contribution in [3.8, 4) is 5.75 Å². The van der Waals surface area contributed by atoms with Crippen LogP contribution in [0.5, 0.6) is 5.75 Å². The number of ether oxygens (including phenoxy) is 1. The van der Waals surface area contributed by atoms with Gasteiger partial charge in [0.1, 0.15) is 5.75 Å². The van der Waals surface area contributed by atoms with Crippen molar-refractivity contribution in [2.24, 2.45) is 0 Å². The third-order valence-electron chi connectivity index (χ3n) is 5.54. The molecule has 7 heteroatoms. The molecule has 0 unspecified atom stereocenters. The molecule has 1 aliphatic heterocycles. The summed E-state index contributed by atoms with van der Waals surface area (Å²) < 4.78 is 6.20. The molecule has 0 spiro atoms. The minimum Gasteiger partial charge on any atom is -0.497 e. The third kappa shape index (κ3) is 7.08. The number of hydrogen-bond donors (Lipinski definition) is 1. The van der Waals surface area contributed by atoms with Gasteiger partial charge in [-0.2, -0.15) is 0 Å². The summed E-state index contributed by atoms with van der Waals surface area (Å²) in [6, 6.07) is 13.6. The summed E-state index contributed by atoms with van der Waals surface area (Å²) in [5.74, 6) is 0.968.